The van der Waals surface area contributed by atoms with E-state index in [2.05, 4.69) is 22.1 Å². The average molecular weight is 330 g/mol. The van der Waals surface area contributed by atoms with Crippen molar-refractivity contribution < 1.29 is 9.59 Å². The number of fused-ring (bicyclic) bond motifs is 1. The van der Waals surface area contributed by atoms with Crippen molar-refractivity contribution >= 4 is 23.2 Å². The number of hydrogen-bond acceptors (Lipinski definition) is 4. The molecule has 6 nitrogen and oxygen atoms in total. The molecule has 120 valence electrons. The zero-order valence-corrected chi connectivity index (χ0v) is 13.5. The molecule has 0 fully saturated rings. The Kier molecular flexibility index (Phi) is 4.57. The summed E-state index contributed by atoms with van der Waals surface area (Å²) < 4.78 is 0. The Morgan fingerprint density at radius 2 is 2.39 bits per heavy atom. The Bertz CT molecular complexity index is 721. The summed E-state index contributed by atoms with van der Waals surface area (Å²) in [6.07, 6.45) is 2.71. The quantitative estimate of drug-likeness (QED) is 0.816. The molecule has 2 amide bonds. The van der Waals surface area contributed by atoms with Gasteiger partial charge in [-0.3, -0.25) is 14.7 Å². The Balaban J connectivity index is 1.71. The monoisotopic (exact) mass is 330 g/mol. The molecule has 0 saturated heterocycles. The summed E-state index contributed by atoms with van der Waals surface area (Å²) >= 11 is 1.58. The van der Waals surface area contributed by atoms with Gasteiger partial charge in [0, 0.05) is 42.2 Å². The van der Waals surface area contributed by atoms with Crippen LogP contribution in [-0.2, 0) is 24.2 Å². The number of carbonyl (C=O) groups is 2. The zero-order chi connectivity index (χ0) is 16.2. The number of carbonyl (C=O) groups excluding carboxylic acids is 2. The van der Waals surface area contributed by atoms with Gasteiger partial charge < -0.3 is 10.2 Å². The largest absolute Gasteiger partial charge is 0.347 e. The van der Waals surface area contributed by atoms with Crippen LogP contribution < -0.4 is 5.32 Å². The van der Waals surface area contributed by atoms with E-state index in [1.165, 1.54) is 0 Å². The molecule has 0 spiro atoms. The molecule has 0 saturated carbocycles. The van der Waals surface area contributed by atoms with E-state index in [-0.39, 0.29) is 11.8 Å². The molecule has 0 aliphatic carbocycles. The molecule has 0 atom stereocenters. The second-order valence-electron chi connectivity index (χ2n) is 5.35. The predicted octanol–water partition coefficient (Wildman–Crippen LogP) is 1.51. The van der Waals surface area contributed by atoms with Gasteiger partial charge >= 0.3 is 0 Å². The van der Waals surface area contributed by atoms with Crippen molar-refractivity contribution in [2.75, 3.05) is 13.1 Å². The summed E-state index contributed by atoms with van der Waals surface area (Å²) in [7, 11) is 0. The SMILES string of the molecule is C=CCNC(=O)c1n[nH]c2c1CN(C(=O)Cc1cccs1)CC2. The third-order valence-electron chi connectivity index (χ3n) is 3.81. The molecular formula is C16H18N4O2S. The highest BCUT2D eigenvalue weighted by Gasteiger charge is 2.27. The fraction of sp³-hybridized carbons (Fsp3) is 0.312. The standard InChI is InChI=1S/C16H18N4O2S/c1-2-6-17-16(22)15-12-10-20(7-5-13(12)18-19-15)14(21)9-11-4-3-8-23-11/h2-4,8H,1,5-7,9-10H2,(H,17,22)(H,18,19). The number of rotatable bonds is 5. The van der Waals surface area contributed by atoms with Crippen LogP contribution in [0.3, 0.4) is 0 Å². The zero-order valence-electron chi connectivity index (χ0n) is 12.7. The van der Waals surface area contributed by atoms with Crippen LogP contribution in [-0.4, -0.2) is 40.0 Å². The minimum Gasteiger partial charge on any atom is -0.347 e. The first-order chi connectivity index (χ1) is 11.2. The molecule has 2 aromatic rings. The van der Waals surface area contributed by atoms with E-state index in [1.807, 2.05) is 17.5 Å². The van der Waals surface area contributed by atoms with Gasteiger partial charge in [-0.05, 0) is 11.4 Å². The van der Waals surface area contributed by atoms with Gasteiger partial charge in [0.15, 0.2) is 5.69 Å². The second kappa shape index (κ2) is 6.78. The molecule has 0 unspecified atom stereocenters. The predicted molar refractivity (Wildman–Crippen MR) is 88.3 cm³/mol. The number of aromatic nitrogens is 2. The first-order valence-electron chi connectivity index (χ1n) is 7.44. The molecule has 23 heavy (non-hydrogen) atoms. The van der Waals surface area contributed by atoms with Crippen LogP contribution in [0.25, 0.3) is 0 Å². The normalized spacial score (nSPS) is 13.5. The van der Waals surface area contributed by atoms with Crippen molar-refractivity contribution in [1.82, 2.24) is 20.4 Å². The number of H-pyrrole nitrogens is 1. The highest BCUT2D eigenvalue weighted by molar-refractivity contribution is 7.10. The van der Waals surface area contributed by atoms with E-state index in [4.69, 9.17) is 0 Å². The van der Waals surface area contributed by atoms with Crippen LogP contribution in [0.15, 0.2) is 30.2 Å². The van der Waals surface area contributed by atoms with Crippen molar-refractivity contribution in [2.24, 2.45) is 0 Å². The number of amides is 2. The summed E-state index contributed by atoms with van der Waals surface area (Å²) in [5, 5.41) is 11.7. The van der Waals surface area contributed by atoms with E-state index in [0.717, 1.165) is 16.1 Å². The maximum absolute atomic E-state index is 12.4. The number of nitrogens with zero attached hydrogens (tertiary/aromatic N) is 2. The minimum atomic E-state index is -0.241. The van der Waals surface area contributed by atoms with Crippen LogP contribution in [0.4, 0.5) is 0 Å². The Hall–Kier alpha value is -2.41. The Morgan fingerprint density at radius 1 is 1.52 bits per heavy atom. The molecule has 1 aliphatic heterocycles. The molecule has 0 radical (unpaired) electrons. The van der Waals surface area contributed by atoms with Crippen molar-refractivity contribution in [3.05, 3.63) is 52.0 Å². The summed E-state index contributed by atoms with van der Waals surface area (Å²) in [6, 6.07) is 3.91. The van der Waals surface area contributed by atoms with Crippen molar-refractivity contribution in [3.8, 4) is 0 Å². The maximum Gasteiger partial charge on any atom is 0.272 e. The number of hydrogen-bond donors (Lipinski definition) is 2. The van der Waals surface area contributed by atoms with Gasteiger partial charge in [0.05, 0.1) is 6.42 Å². The van der Waals surface area contributed by atoms with Crippen LogP contribution >= 0.6 is 11.3 Å². The molecular weight excluding hydrogens is 312 g/mol. The highest BCUT2D eigenvalue weighted by atomic mass is 32.1. The maximum atomic E-state index is 12.4. The van der Waals surface area contributed by atoms with Gasteiger partial charge in [-0.2, -0.15) is 5.10 Å². The molecule has 3 rings (SSSR count). The van der Waals surface area contributed by atoms with Gasteiger partial charge in [-0.1, -0.05) is 12.1 Å². The van der Waals surface area contributed by atoms with Crippen molar-refractivity contribution in [2.45, 2.75) is 19.4 Å². The van der Waals surface area contributed by atoms with Gasteiger partial charge in [0.2, 0.25) is 5.91 Å². The average Bonchev–Trinajstić information content (AvgIpc) is 3.21. The first-order valence-corrected chi connectivity index (χ1v) is 8.32. The number of aromatic amines is 1. The molecule has 2 aromatic heterocycles. The topological polar surface area (TPSA) is 78.1 Å². The van der Waals surface area contributed by atoms with Crippen LogP contribution in [0.2, 0.25) is 0 Å². The van der Waals surface area contributed by atoms with Gasteiger partial charge in [-0.25, -0.2) is 0 Å². The molecule has 2 N–H and O–H groups in total. The first kappa shape index (κ1) is 15.5. The lowest BCUT2D eigenvalue weighted by Crippen LogP contribution is -2.37. The lowest BCUT2D eigenvalue weighted by molar-refractivity contribution is -0.131. The minimum absolute atomic E-state index is 0.0803. The van der Waals surface area contributed by atoms with Crippen molar-refractivity contribution in [3.63, 3.8) is 0 Å². The lowest BCUT2D eigenvalue weighted by atomic mass is 10.0. The summed E-state index contributed by atoms with van der Waals surface area (Å²) in [6.45, 7) is 5.04. The Labute approximate surface area is 138 Å². The molecule has 1 aliphatic rings. The van der Waals surface area contributed by atoms with E-state index in [0.29, 0.717) is 38.2 Å². The summed E-state index contributed by atoms with van der Waals surface area (Å²) in [4.78, 5) is 27.4. The van der Waals surface area contributed by atoms with Gasteiger partial charge in [0.1, 0.15) is 0 Å². The van der Waals surface area contributed by atoms with Crippen LogP contribution in [0, 0.1) is 0 Å². The van der Waals surface area contributed by atoms with E-state index < -0.39 is 0 Å². The van der Waals surface area contributed by atoms with Gasteiger partial charge in [-0.15, -0.1) is 17.9 Å². The molecule has 0 aromatic carbocycles. The lowest BCUT2D eigenvalue weighted by Gasteiger charge is -2.27. The fourth-order valence-corrected chi connectivity index (χ4v) is 3.31. The van der Waals surface area contributed by atoms with Crippen LogP contribution in [0.1, 0.15) is 26.6 Å². The Morgan fingerprint density at radius 3 is 3.13 bits per heavy atom. The van der Waals surface area contributed by atoms with E-state index in [1.54, 1.807) is 22.3 Å². The third-order valence-corrected chi connectivity index (χ3v) is 4.69. The second-order valence-corrected chi connectivity index (χ2v) is 6.38. The molecule has 0 bridgehead atoms. The smallest absolute Gasteiger partial charge is 0.272 e. The molecule has 3 heterocycles. The van der Waals surface area contributed by atoms with E-state index in [9.17, 15) is 9.59 Å². The number of nitrogens with one attached hydrogen (secondary N) is 2. The third kappa shape index (κ3) is 3.34. The number of thiophene rings is 1. The summed E-state index contributed by atoms with van der Waals surface area (Å²) in [5.41, 5.74) is 2.13. The van der Waals surface area contributed by atoms with E-state index >= 15 is 0 Å². The van der Waals surface area contributed by atoms with Gasteiger partial charge in [0.25, 0.3) is 5.91 Å². The van der Waals surface area contributed by atoms with Crippen LogP contribution in [0.5, 0.6) is 0 Å². The van der Waals surface area contributed by atoms with Crippen molar-refractivity contribution in [1.29, 1.82) is 0 Å². The fourth-order valence-electron chi connectivity index (χ4n) is 2.62. The molecule has 7 heteroatoms. The summed E-state index contributed by atoms with van der Waals surface area (Å²) in [5.74, 6) is -0.160. The highest BCUT2D eigenvalue weighted by Crippen LogP contribution is 2.21.